The molecule has 1 N–H and O–H groups in total. The molecule has 0 aliphatic carbocycles. The van der Waals surface area contributed by atoms with E-state index in [1.807, 2.05) is 6.92 Å². The van der Waals surface area contributed by atoms with E-state index >= 15 is 0 Å². The van der Waals surface area contributed by atoms with Gasteiger partial charge in [0.25, 0.3) is 0 Å². The molecule has 2 heterocycles. The maximum Gasteiger partial charge on any atom is 0.245 e. The molecule has 0 aromatic carbocycles. The second-order valence-electron chi connectivity index (χ2n) is 5.10. The van der Waals surface area contributed by atoms with Crippen LogP contribution in [0.5, 0.6) is 0 Å². The van der Waals surface area contributed by atoms with Crippen LogP contribution in [0, 0.1) is 5.92 Å². The molecule has 1 saturated heterocycles. The van der Waals surface area contributed by atoms with Crippen LogP contribution in [-0.4, -0.2) is 30.4 Å². The topological polar surface area (TPSA) is 57.6 Å². The molecule has 0 bridgehead atoms. The van der Waals surface area contributed by atoms with Gasteiger partial charge in [-0.2, -0.15) is 4.31 Å². The molecule has 2 rings (SSSR count). The summed E-state index contributed by atoms with van der Waals surface area (Å²) < 4.78 is 27.5. The molecule has 4 nitrogen and oxygen atoms in total. The van der Waals surface area contributed by atoms with Gasteiger partial charge in [-0.25, -0.2) is 8.42 Å². The average molecular weight is 368 g/mol. The predicted molar refractivity (Wildman–Crippen MR) is 79.7 cm³/mol. The highest BCUT2D eigenvalue weighted by molar-refractivity contribution is 9.11. The van der Waals surface area contributed by atoms with Crippen LogP contribution in [0.25, 0.3) is 0 Å². The van der Waals surface area contributed by atoms with E-state index in [9.17, 15) is 8.42 Å². The summed E-state index contributed by atoms with van der Waals surface area (Å²) in [6.07, 6.45) is 1.80. The quantitative estimate of drug-likeness (QED) is 0.893. The largest absolute Gasteiger partial charge is 0.391 e. The van der Waals surface area contributed by atoms with Crippen LogP contribution in [-0.2, 0) is 16.6 Å². The van der Waals surface area contributed by atoms with Crippen molar-refractivity contribution in [3.8, 4) is 0 Å². The smallest absolute Gasteiger partial charge is 0.245 e. The Labute approximate surface area is 126 Å². The van der Waals surface area contributed by atoms with Crippen LogP contribution in [0.3, 0.4) is 0 Å². The van der Waals surface area contributed by atoms with Crippen LogP contribution in [0.15, 0.2) is 14.7 Å². The first-order valence-electron chi connectivity index (χ1n) is 6.27. The van der Waals surface area contributed by atoms with Crippen molar-refractivity contribution < 1.29 is 13.5 Å². The third kappa shape index (κ3) is 3.05. The highest BCUT2D eigenvalue weighted by atomic mass is 79.9. The van der Waals surface area contributed by atoms with Gasteiger partial charge in [-0.05, 0) is 47.7 Å². The first kappa shape index (κ1) is 15.4. The summed E-state index contributed by atoms with van der Waals surface area (Å²) in [6.45, 7) is 4.55. The minimum atomic E-state index is -3.47. The molecule has 0 radical (unpaired) electrons. The van der Waals surface area contributed by atoms with Crippen LogP contribution >= 0.6 is 27.3 Å². The highest BCUT2D eigenvalue weighted by Crippen LogP contribution is 2.36. The van der Waals surface area contributed by atoms with E-state index in [1.165, 1.54) is 11.3 Å². The van der Waals surface area contributed by atoms with Crippen molar-refractivity contribution in [3.05, 3.63) is 14.7 Å². The van der Waals surface area contributed by atoms with Gasteiger partial charge < -0.3 is 5.11 Å². The van der Waals surface area contributed by atoms with Crippen LogP contribution in [0.2, 0.25) is 0 Å². The molecular weight excluding hydrogens is 350 g/mol. The Morgan fingerprint density at radius 2 is 2.21 bits per heavy atom. The summed E-state index contributed by atoms with van der Waals surface area (Å²) in [7, 11) is -3.47. The first-order chi connectivity index (χ1) is 8.86. The van der Waals surface area contributed by atoms with Gasteiger partial charge in [-0.3, -0.25) is 0 Å². The number of aliphatic hydroxyl groups is 1. The van der Waals surface area contributed by atoms with Crippen molar-refractivity contribution in [2.45, 2.75) is 44.2 Å². The molecule has 1 fully saturated rings. The molecule has 0 spiro atoms. The fourth-order valence-corrected chi connectivity index (χ4v) is 6.67. The van der Waals surface area contributed by atoms with Crippen LogP contribution in [0.4, 0.5) is 0 Å². The number of aliphatic hydroxyl groups excluding tert-OH is 1. The Bertz CT molecular complexity index is 555. The van der Waals surface area contributed by atoms with E-state index in [2.05, 4.69) is 22.9 Å². The molecule has 1 aliphatic heterocycles. The van der Waals surface area contributed by atoms with E-state index in [-0.39, 0.29) is 17.5 Å². The number of thiophene rings is 1. The van der Waals surface area contributed by atoms with Crippen LogP contribution in [0.1, 0.15) is 31.6 Å². The second kappa shape index (κ2) is 5.81. The average Bonchev–Trinajstić information content (AvgIpc) is 2.70. The Morgan fingerprint density at radius 1 is 1.53 bits per heavy atom. The monoisotopic (exact) mass is 367 g/mol. The Balaban J connectivity index is 2.34. The lowest BCUT2D eigenvalue weighted by atomic mass is 9.95. The molecule has 108 valence electrons. The lowest BCUT2D eigenvalue weighted by molar-refractivity contribution is 0.220. The lowest BCUT2D eigenvalue weighted by Crippen LogP contribution is -2.44. The molecule has 0 saturated carbocycles. The fraction of sp³-hybridized carbons (Fsp3) is 0.667. The molecule has 1 aliphatic rings. The van der Waals surface area contributed by atoms with Gasteiger partial charge in [0.05, 0.1) is 10.4 Å². The van der Waals surface area contributed by atoms with Crippen molar-refractivity contribution in [1.29, 1.82) is 0 Å². The summed E-state index contributed by atoms with van der Waals surface area (Å²) in [5.41, 5.74) is 0. The van der Waals surface area contributed by atoms with Crippen molar-refractivity contribution in [3.63, 3.8) is 0 Å². The number of sulfonamides is 1. The minimum Gasteiger partial charge on any atom is -0.391 e. The Kier molecular flexibility index (Phi) is 4.72. The second-order valence-corrected chi connectivity index (χ2v) is 9.42. The van der Waals surface area contributed by atoms with E-state index in [0.29, 0.717) is 21.1 Å². The molecule has 2 unspecified atom stereocenters. The Morgan fingerprint density at radius 3 is 2.74 bits per heavy atom. The van der Waals surface area contributed by atoms with Gasteiger partial charge in [0, 0.05) is 17.5 Å². The number of halogens is 1. The van der Waals surface area contributed by atoms with Gasteiger partial charge in [-0.1, -0.05) is 6.92 Å². The number of hydrogen-bond acceptors (Lipinski definition) is 4. The van der Waals surface area contributed by atoms with Gasteiger partial charge in [0.15, 0.2) is 0 Å². The maximum absolute atomic E-state index is 12.7. The van der Waals surface area contributed by atoms with Crippen molar-refractivity contribution in [2.75, 3.05) is 6.54 Å². The number of rotatable bonds is 3. The molecule has 1 aromatic heterocycles. The zero-order valence-electron chi connectivity index (χ0n) is 11.0. The van der Waals surface area contributed by atoms with Crippen molar-refractivity contribution in [2.24, 2.45) is 5.92 Å². The highest BCUT2D eigenvalue weighted by Gasteiger charge is 2.35. The molecule has 1 aromatic rings. The normalized spacial score (nSPS) is 25.7. The molecule has 7 heteroatoms. The van der Waals surface area contributed by atoms with Crippen LogP contribution < -0.4 is 0 Å². The van der Waals surface area contributed by atoms with E-state index in [1.54, 1.807) is 10.4 Å². The summed E-state index contributed by atoms with van der Waals surface area (Å²) in [5.74, 6) is 0.570. The molecular formula is C12H18BrNO3S2. The van der Waals surface area contributed by atoms with Gasteiger partial charge in [0.1, 0.15) is 4.90 Å². The SMILES string of the molecule is CC1CCN(S(=O)(=O)c2cc(CO)sc2Br)C(C)C1. The van der Waals surface area contributed by atoms with Crippen molar-refractivity contribution in [1.82, 2.24) is 4.31 Å². The molecule has 19 heavy (non-hydrogen) atoms. The van der Waals surface area contributed by atoms with E-state index < -0.39 is 10.0 Å². The number of hydrogen-bond donors (Lipinski definition) is 1. The zero-order valence-corrected chi connectivity index (χ0v) is 14.2. The lowest BCUT2D eigenvalue weighted by Gasteiger charge is -2.35. The fourth-order valence-electron chi connectivity index (χ4n) is 2.52. The van der Waals surface area contributed by atoms with E-state index in [0.717, 1.165) is 12.8 Å². The standard InChI is InChI=1S/C12H18BrNO3S2/c1-8-3-4-14(9(2)5-8)19(16,17)11-6-10(7-15)18-12(11)13/h6,8-9,15H,3-5,7H2,1-2H3. The summed E-state index contributed by atoms with van der Waals surface area (Å²) >= 11 is 4.56. The molecule has 2 atom stereocenters. The van der Waals surface area contributed by atoms with Gasteiger partial charge in [-0.15, -0.1) is 11.3 Å². The number of piperidine rings is 1. The maximum atomic E-state index is 12.7. The zero-order chi connectivity index (χ0) is 14.2. The summed E-state index contributed by atoms with van der Waals surface area (Å²) in [5, 5.41) is 9.12. The summed E-state index contributed by atoms with van der Waals surface area (Å²) in [4.78, 5) is 0.937. The summed E-state index contributed by atoms with van der Waals surface area (Å²) in [6, 6.07) is 1.59. The van der Waals surface area contributed by atoms with Crippen molar-refractivity contribution >= 4 is 37.3 Å². The third-order valence-electron chi connectivity index (χ3n) is 3.53. The molecule has 0 amide bonds. The van der Waals surface area contributed by atoms with E-state index in [4.69, 9.17) is 5.11 Å². The first-order valence-corrected chi connectivity index (χ1v) is 9.32. The third-order valence-corrected chi connectivity index (χ3v) is 7.78. The number of nitrogens with zero attached hydrogens (tertiary/aromatic N) is 1. The predicted octanol–water partition coefficient (Wildman–Crippen LogP) is 2.81. The Hall–Kier alpha value is 0.0500. The minimum absolute atomic E-state index is 0.0260. The van der Waals surface area contributed by atoms with Gasteiger partial charge >= 0.3 is 0 Å². The van der Waals surface area contributed by atoms with Gasteiger partial charge in [0.2, 0.25) is 10.0 Å².